The van der Waals surface area contributed by atoms with Crippen LogP contribution in [0.1, 0.15) is 18.4 Å². The molecule has 0 spiro atoms. The van der Waals surface area contributed by atoms with Crippen LogP contribution in [0.15, 0.2) is 24.3 Å². The molecule has 1 aliphatic rings. The van der Waals surface area contributed by atoms with Crippen molar-refractivity contribution in [3.05, 3.63) is 35.6 Å². The number of rotatable bonds is 5. The van der Waals surface area contributed by atoms with Gasteiger partial charge in [-0.2, -0.15) is 0 Å². The van der Waals surface area contributed by atoms with Crippen LogP contribution in [0.4, 0.5) is 4.39 Å². The first-order valence-corrected chi connectivity index (χ1v) is 6.89. The van der Waals surface area contributed by atoms with Gasteiger partial charge in [-0.25, -0.2) is 4.39 Å². The third kappa shape index (κ3) is 4.53. The molecule has 0 aromatic heterocycles. The van der Waals surface area contributed by atoms with Gasteiger partial charge in [-0.15, -0.1) is 0 Å². The summed E-state index contributed by atoms with van der Waals surface area (Å²) in [5, 5.41) is 8.97. The highest BCUT2D eigenvalue weighted by Crippen LogP contribution is 2.19. The molecule has 2 rings (SSSR count). The minimum Gasteiger partial charge on any atom is -0.480 e. The predicted molar refractivity (Wildman–Crippen MR) is 73.0 cm³/mol. The molecule has 0 radical (unpaired) electrons. The number of nitrogens with zero attached hydrogens (tertiary/aromatic N) is 1. The van der Waals surface area contributed by atoms with Crippen LogP contribution in [0, 0.1) is 11.7 Å². The summed E-state index contributed by atoms with van der Waals surface area (Å²) in [6.07, 6.45) is 1.22. The fourth-order valence-corrected chi connectivity index (χ4v) is 2.39. The number of benzene rings is 1. The molecule has 1 amide bonds. The fraction of sp³-hybridized carbons (Fsp3) is 0.467. The number of hydrogen-bond donors (Lipinski definition) is 1. The van der Waals surface area contributed by atoms with Crippen LogP contribution < -0.4 is 0 Å². The second-order valence-electron chi connectivity index (χ2n) is 5.10. The van der Waals surface area contributed by atoms with Crippen molar-refractivity contribution in [3.63, 3.8) is 0 Å². The molecule has 21 heavy (non-hydrogen) atoms. The van der Waals surface area contributed by atoms with Gasteiger partial charge in [0.1, 0.15) is 12.4 Å². The molecular weight excluding hydrogens is 277 g/mol. The predicted octanol–water partition coefficient (Wildman–Crippen LogP) is 1.67. The van der Waals surface area contributed by atoms with E-state index >= 15 is 0 Å². The highest BCUT2D eigenvalue weighted by Gasteiger charge is 2.27. The van der Waals surface area contributed by atoms with Crippen molar-refractivity contribution in [1.29, 1.82) is 0 Å². The number of ether oxygens (including phenoxy) is 1. The number of halogens is 1. The summed E-state index contributed by atoms with van der Waals surface area (Å²) < 4.78 is 18.1. The van der Waals surface area contributed by atoms with Gasteiger partial charge >= 0.3 is 5.97 Å². The summed E-state index contributed by atoms with van der Waals surface area (Å²) in [5.74, 6) is -1.79. The van der Waals surface area contributed by atoms with Crippen LogP contribution >= 0.6 is 0 Å². The molecule has 1 aromatic carbocycles. The molecule has 5 nitrogen and oxygen atoms in total. The topological polar surface area (TPSA) is 66.8 Å². The van der Waals surface area contributed by atoms with Crippen molar-refractivity contribution in [2.45, 2.75) is 19.4 Å². The smallest absolute Gasteiger partial charge is 0.323 e. The second kappa shape index (κ2) is 7.17. The Balaban J connectivity index is 2.07. The summed E-state index contributed by atoms with van der Waals surface area (Å²) in [6.45, 7) is 0.859. The first-order chi connectivity index (χ1) is 10.1. The van der Waals surface area contributed by atoms with Gasteiger partial charge < -0.3 is 14.7 Å². The maximum atomic E-state index is 12.9. The van der Waals surface area contributed by atoms with Crippen LogP contribution in [-0.2, 0) is 20.9 Å². The Kier molecular flexibility index (Phi) is 5.27. The lowest BCUT2D eigenvalue weighted by atomic mass is 9.98. The number of aliphatic carboxylic acids is 1. The van der Waals surface area contributed by atoms with Crippen molar-refractivity contribution in [2.24, 2.45) is 5.92 Å². The number of amides is 1. The minimum atomic E-state index is -1.06. The third-order valence-corrected chi connectivity index (χ3v) is 3.50. The first kappa shape index (κ1) is 15.4. The lowest BCUT2D eigenvalue weighted by Gasteiger charge is -2.28. The van der Waals surface area contributed by atoms with E-state index in [0.717, 1.165) is 0 Å². The van der Waals surface area contributed by atoms with E-state index in [1.54, 1.807) is 12.1 Å². The van der Waals surface area contributed by atoms with Gasteiger partial charge in [-0.1, -0.05) is 12.1 Å². The van der Waals surface area contributed by atoms with Gasteiger partial charge in [0.05, 0.1) is 0 Å². The Bertz CT molecular complexity index is 497. The molecule has 6 heteroatoms. The van der Waals surface area contributed by atoms with Crippen molar-refractivity contribution < 1.29 is 23.8 Å². The lowest BCUT2D eigenvalue weighted by Crippen LogP contribution is -2.40. The molecular formula is C15H18FNO4. The number of carbonyl (C=O) groups excluding carboxylic acids is 1. The number of hydrogen-bond acceptors (Lipinski definition) is 3. The largest absolute Gasteiger partial charge is 0.480 e. The highest BCUT2D eigenvalue weighted by atomic mass is 19.1. The van der Waals surface area contributed by atoms with Gasteiger partial charge in [-0.3, -0.25) is 9.59 Å². The van der Waals surface area contributed by atoms with E-state index in [2.05, 4.69) is 0 Å². The zero-order chi connectivity index (χ0) is 15.2. The lowest BCUT2D eigenvalue weighted by molar-refractivity contribution is -0.148. The van der Waals surface area contributed by atoms with Gasteiger partial charge in [0, 0.05) is 25.7 Å². The molecule has 1 saturated heterocycles. The molecule has 1 N–H and O–H groups in total. The highest BCUT2D eigenvalue weighted by molar-refractivity contribution is 5.83. The van der Waals surface area contributed by atoms with E-state index in [4.69, 9.17) is 9.84 Å². The Labute approximate surface area is 122 Å². The summed E-state index contributed by atoms with van der Waals surface area (Å²) in [6, 6.07) is 5.71. The van der Waals surface area contributed by atoms with E-state index in [1.807, 2.05) is 0 Å². The molecule has 0 unspecified atom stereocenters. The van der Waals surface area contributed by atoms with E-state index in [9.17, 15) is 14.0 Å². The molecule has 0 atom stereocenters. The number of carbonyl (C=O) groups is 2. The number of carboxylic acids is 1. The van der Waals surface area contributed by atoms with Gasteiger partial charge in [0.25, 0.3) is 0 Å². The first-order valence-electron chi connectivity index (χ1n) is 6.89. The summed E-state index contributed by atoms with van der Waals surface area (Å²) >= 11 is 0. The Morgan fingerprint density at radius 2 is 1.86 bits per heavy atom. The monoisotopic (exact) mass is 295 g/mol. The second-order valence-corrected chi connectivity index (χ2v) is 5.10. The molecule has 0 bridgehead atoms. The zero-order valence-corrected chi connectivity index (χ0v) is 11.6. The normalized spacial score (nSPS) is 15.7. The molecule has 0 aliphatic carbocycles. The zero-order valence-electron chi connectivity index (χ0n) is 11.6. The van der Waals surface area contributed by atoms with Crippen LogP contribution in [0.5, 0.6) is 0 Å². The van der Waals surface area contributed by atoms with Crippen LogP contribution in [0.2, 0.25) is 0 Å². The molecule has 1 aliphatic heterocycles. The van der Waals surface area contributed by atoms with Crippen molar-refractivity contribution >= 4 is 11.9 Å². The minimum absolute atomic E-state index is 0.169. The molecule has 114 valence electrons. The third-order valence-electron chi connectivity index (χ3n) is 3.50. The molecule has 1 heterocycles. The van der Waals surface area contributed by atoms with Crippen LogP contribution in [-0.4, -0.2) is 41.6 Å². The standard InChI is InChI=1S/C15H18FNO4/c16-13-3-1-11(2-4-13)9-17(10-14(18)19)15(20)12-5-7-21-8-6-12/h1-4,12H,5-10H2,(H,18,19). The van der Waals surface area contributed by atoms with E-state index < -0.39 is 5.97 Å². The van der Waals surface area contributed by atoms with Crippen molar-refractivity contribution in [3.8, 4) is 0 Å². The van der Waals surface area contributed by atoms with E-state index in [0.29, 0.717) is 31.6 Å². The van der Waals surface area contributed by atoms with Gasteiger partial charge in [0.15, 0.2) is 0 Å². The van der Waals surface area contributed by atoms with Crippen LogP contribution in [0.25, 0.3) is 0 Å². The Morgan fingerprint density at radius 3 is 2.43 bits per heavy atom. The number of carboxylic acid groups (broad SMARTS) is 1. The van der Waals surface area contributed by atoms with Gasteiger partial charge in [-0.05, 0) is 30.5 Å². The Hall–Kier alpha value is -1.95. The van der Waals surface area contributed by atoms with Crippen molar-refractivity contribution in [2.75, 3.05) is 19.8 Å². The summed E-state index contributed by atoms with van der Waals surface area (Å²) in [4.78, 5) is 24.7. The maximum Gasteiger partial charge on any atom is 0.323 e. The Morgan fingerprint density at radius 1 is 1.24 bits per heavy atom. The maximum absolute atomic E-state index is 12.9. The van der Waals surface area contributed by atoms with Crippen LogP contribution in [0.3, 0.4) is 0 Å². The van der Waals surface area contributed by atoms with Gasteiger partial charge in [0.2, 0.25) is 5.91 Å². The van der Waals surface area contributed by atoms with Crippen molar-refractivity contribution in [1.82, 2.24) is 4.90 Å². The summed E-state index contributed by atoms with van der Waals surface area (Å²) in [5.41, 5.74) is 0.707. The van der Waals surface area contributed by atoms with E-state index in [1.165, 1.54) is 17.0 Å². The fourth-order valence-electron chi connectivity index (χ4n) is 2.39. The van der Waals surface area contributed by atoms with E-state index in [-0.39, 0.29) is 30.7 Å². The quantitative estimate of drug-likeness (QED) is 0.897. The molecule has 1 fully saturated rings. The molecule has 1 aromatic rings. The average molecular weight is 295 g/mol. The molecule has 0 saturated carbocycles. The average Bonchev–Trinajstić information content (AvgIpc) is 2.48. The summed E-state index contributed by atoms with van der Waals surface area (Å²) in [7, 11) is 0. The SMILES string of the molecule is O=C(O)CN(Cc1ccc(F)cc1)C(=O)C1CCOCC1.